The first-order valence-corrected chi connectivity index (χ1v) is 8.44. The quantitative estimate of drug-likeness (QED) is 0.838. The Morgan fingerprint density at radius 2 is 1.95 bits per heavy atom. The molecule has 0 bridgehead atoms. The number of rotatable bonds is 3. The molecule has 4 unspecified atom stereocenters. The highest BCUT2D eigenvalue weighted by Gasteiger charge is 2.40. The maximum Gasteiger partial charge on any atom is 0.0257 e. The van der Waals surface area contributed by atoms with Crippen molar-refractivity contribution in [2.75, 3.05) is 13.1 Å². The maximum atomic E-state index is 3.76. The van der Waals surface area contributed by atoms with Crippen LogP contribution in [0.1, 0.15) is 66.7 Å². The van der Waals surface area contributed by atoms with Crippen molar-refractivity contribution < 1.29 is 0 Å². The third-order valence-electron chi connectivity index (χ3n) is 5.67. The lowest BCUT2D eigenvalue weighted by Gasteiger charge is -2.51. The molecule has 2 nitrogen and oxygen atoms in total. The zero-order chi connectivity index (χ0) is 14.0. The normalized spacial score (nSPS) is 40.3. The molecule has 0 amide bonds. The summed E-state index contributed by atoms with van der Waals surface area (Å²) in [6.45, 7) is 14.5. The van der Waals surface area contributed by atoms with E-state index in [0.717, 1.165) is 24.5 Å². The highest BCUT2D eigenvalue weighted by atomic mass is 15.2. The van der Waals surface area contributed by atoms with Crippen LogP contribution in [0.15, 0.2) is 0 Å². The summed E-state index contributed by atoms with van der Waals surface area (Å²) in [5.74, 6) is 0.862. The van der Waals surface area contributed by atoms with Crippen LogP contribution in [0.4, 0.5) is 0 Å². The molecule has 4 atom stereocenters. The van der Waals surface area contributed by atoms with E-state index in [4.69, 9.17) is 0 Å². The summed E-state index contributed by atoms with van der Waals surface area (Å²) in [5, 5.41) is 3.76. The van der Waals surface area contributed by atoms with Crippen LogP contribution in [0.25, 0.3) is 0 Å². The van der Waals surface area contributed by atoms with E-state index < -0.39 is 0 Å². The van der Waals surface area contributed by atoms with Crippen molar-refractivity contribution in [1.29, 1.82) is 0 Å². The summed E-state index contributed by atoms with van der Waals surface area (Å²) in [5.41, 5.74) is 0.525. The molecule has 0 radical (unpaired) electrons. The largest absolute Gasteiger partial charge is 0.313 e. The Labute approximate surface area is 120 Å². The monoisotopic (exact) mass is 266 g/mol. The molecule has 2 fully saturated rings. The number of nitrogens with one attached hydrogen (secondary N) is 1. The second-order valence-electron chi connectivity index (χ2n) is 7.74. The van der Waals surface area contributed by atoms with Gasteiger partial charge in [0.15, 0.2) is 0 Å². The first kappa shape index (κ1) is 15.3. The van der Waals surface area contributed by atoms with Gasteiger partial charge in [-0.05, 0) is 63.5 Å². The Bertz CT molecular complexity index is 287. The van der Waals surface area contributed by atoms with Crippen LogP contribution in [0, 0.1) is 11.3 Å². The first-order chi connectivity index (χ1) is 8.94. The van der Waals surface area contributed by atoms with E-state index in [1.54, 1.807) is 0 Å². The van der Waals surface area contributed by atoms with Crippen LogP contribution in [0.5, 0.6) is 0 Å². The fourth-order valence-corrected chi connectivity index (χ4v) is 4.23. The number of hydrogen-bond donors (Lipinski definition) is 1. The summed E-state index contributed by atoms with van der Waals surface area (Å²) in [6.07, 6.45) is 6.89. The molecule has 1 N–H and O–H groups in total. The van der Waals surface area contributed by atoms with Gasteiger partial charge in [-0.25, -0.2) is 0 Å². The van der Waals surface area contributed by atoms with Gasteiger partial charge in [0.1, 0.15) is 0 Å². The van der Waals surface area contributed by atoms with Crippen molar-refractivity contribution in [2.45, 2.75) is 84.8 Å². The molecule has 1 heterocycles. The van der Waals surface area contributed by atoms with Crippen molar-refractivity contribution in [3.8, 4) is 0 Å². The lowest BCUT2D eigenvalue weighted by molar-refractivity contribution is 0.00447. The average Bonchev–Trinajstić information content (AvgIpc) is 2.35. The number of likely N-dealkylation sites (N-methyl/N-ethyl adjacent to an activating group) is 1. The number of piperidine rings is 1. The van der Waals surface area contributed by atoms with E-state index >= 15 is 0 Å². The van der Waals surface area contributed by atoms with Gasteiger partial charge in [-0.15, -0.1) is 0 Å². The zero-order valence-corrected chi connectivity index (χ0v) is 13.7. The summed E-state index contributed by atoms with van der Waals surface area (Å²) in [6, 6.07) is 2.22. The van der Waals surface area contributed by atoms with Crippen LogP contribution < -0.4 is 5.32 Å². The third-order valence-corrected chi connectivity index (χ3v) is 5.67. The van der Waals surface area contributed by atoms with Crippen LogP contribution in [0.2, 0.25) is 0 Å². The van der Waals surface area contributed by atoms with Crippen LogP contribution in [0.3, 0.4) is 0 Å². The molecule has 2 heteroatoms. The highest BCUT2D eigenvalue weighted by molar-refractivity contribution is 4.97. The molecule has 0 aromatic carbocycles. The standard InChI is InChI=1S/C17H34N2/c1-6-18-15-9-10-17(4,5)12-16(15)19-11-7-8-13(2)14(19)3/h13-16,18H,6-12H2,1-5H3. The second-order valence-corrected chi connectivity index (χ2v) is 7.74. The van der Waals surface area contributed by atoms with Crippen molar-refractivity contribution in [2.24, 2.45) is 11.3 Å². The Balaban J connectivity index is 2.11. The summed E-state index contributed by atoms with van der Waals surface area (Å²) in [7, 11) is 0. The molecule has 1 aliphatic carbocycles. The van der Waals surface area contributed by atoms with E-state index in [0.29, 0.717) is 11.5 Å². The minimum absolute atomic E-state index is 0.525. The third kappa shape index (κ3) is 3.52. The van der Waals surface area contributed by atoms with Crippen molar-refractivity contribution in [3.05, 3.63) is 0 Å². The van der Waals surface area contributed by atoms with E-state index in [1.165, 1.54) is 38.6 Å². The van der Waals surface area contributed by atoms with E-state index in [1.807, 2.05) is 0 Å². The van der Waals surface area contributed by atoms with Gasteiger partial charge < -0.3 is 5.32 Å². The molecule has 0 spiro atoms. The van der Waals surface area contributed by atoms with Crippen molar-refractivity contribution in [3.63, 3.8) is 0 Å². The highest BCUT2D eigenvalue weighted by Crippen LogP contribution is 2.39. The minimum Gasteiger partial charge on any atom is -0.313 e. The van der Waals surface area contributed by atoms with Gasteiger partial charge in [0.05, 0.1) is 0 Å². The molecule has 1 saturated carbocycles. The van der Waals surface area contributed by atoms with Gasteiger partial charge in [0, 0.05) is 18.1 Å². The number of hydrogen-bond acceptors (Lipinski definition) is 2. The van der Waals surface area contributed by atoms with Gasteiger partial charge in [-0.3, -0.25) is 4.90 Å². The molecule has 2 aliphatic rings. The topological polar surface area (TPSA) is 15.3 Å². The molecular formula is C17H34N2. The maximum absolute atomic E-state index is 3.76. The molecule has 112 valence electrons. The fourth-order valence-electron chi connectivity index (χ4n) is 4.23. The van der Waals surface area contributed by atoms with E-state index in [2.05, 4.69) is 44.8 Å². The van der Waals surface area contributed by atoms with Crippen LogP contribution >= 0.6 is 0 Å². The molecule has 2 rings (SSSR count). The van der Waals surface area contributed by atoms with Gasteiger partial charge in [-0.2, -0.15) is 0 Å². The number of nitrogens with zero attached hydrogens (tertiary/aromatic N) is 1. The Hall–Kier alpha value is -0.0800. The molecule has 0 aromatic heterocycles. The van der Waals surface area contributed by atoms with Gasteiger partial charge in [-0.1, -0.05) is 27.7 Å². The van der Waals surface area contributed by atoms with E-state index in [9.17, 15) is 0 Å². The minimum atomic E-state index is 0.525. The first-order valence-electron chi connectivity index (χ1n) is 8.44. The molecule has 19 heavy (non-hydrogen) atoms. The lowest BCUT2D eigenvalue weighted by atomic mass is 9.71. The number of likely N-dealkylation sites (tertiary alicyclic amines) is 1. The van der Waals surface area contributed by atoms with Gasteiger partial charge in [0.2, 0.25) is 0 Å². The van der Waals surface area contributed by atoms with Gasteiger partial charge in [0.25, 0.3) is 0 Å². The predicted molar refractivity (Wildman–Crippen MR) is 83.5 cm³/mol. The Kier molecular flexibility index (Phi) is 4.94. The Morgan fingerprint density at radius 3 is 2.63 bits per heavy atom. The summed E-state index contributed by atoms with van der Waals surface area (Å²) in [4.78, 5) is 2.84. The second kappa shape index (κ2) is 6.13. The summed E-state index contributed by atoms with van der Waals surface area (Å²) < 4.78 is 0. The molecule has 1 aliphatic heterocycles. The Morgan fingerprint density at radius 1 is 1.21 bits per heavy atom. The van der Waals surface area contributed by atoms with Crippen LogP contribution in [-0.4, -0.2) is 36.1 Å². The van der Waals surface area contributed by atoms with Crippen molar-refractivity contribution >= 4 is 0 Å². The predicted octanol–water partition coefficient (Wildman–Crippen LogP) is 3.66. The van der Waals surface area contributed by atoms with E-state index in [-0.39, 0.29) is 0 Å². The SMILES string of the molecule is CCNC1CCC(C)(C)CC1N1CCCC(C)C1C. The van der Waals surface area contributed by atoms with Crippen molar-refractivity contribution in [1.82, 2.24) is 10.2 Å². The summed E-state index contributed by atoms with van der Waals surface area (Å²) >= 11 is 0. The average molecular weight is 266 g/mol. The van der Waals surface area contributed by atoms with Gasteiger partial charge >= 0.3 is 0 Å². The molecule has 1 saturated heterocycles. The fraction of sp³-hybridized carbons (Fsp3) is 1.00. The lowest BCUT2D eigenvalue weighted by Crippen LogP contribution is -2.59. The molecule has 0 aromatic rings. The smallest absolute Gasteiger partial charge is 0.0257 e. The van der Waals surface area contributed by atoms with Crippen LogP contribution in [-0.2, 0) is 0 Å². The zero-order valence-electron chi connectivity index (χ0n) is 13.7. The molecular weight excluding hydrogens is 232 g/mol.